The number of aromatic nitrogens is 2. The van der Waals surface area contributed by atoms with Crippen molar-refractivity contribution in [2.45, 2.75) is 38.5 Å². The molecule has 1 unspecified atom stereocenters. The van der Waals surface area contributed by atoms with E-state index in [0.29, 0.717) is 11.8 Å². The summed E-state index contributed by atoms with van der Waals surface area (Å²) >= 11 is 0. The van der Waals surface area contributed by atoms with Gasteiger partial charge in [-0.15, -0.1) is 0 Å². The quantitative estimate of drug-likeness (QED) is 0.869. The molecule has 1 aromatic rings. The van der Waals surface area contributed by atoms with E-state index in [1.165, 1.54) is 25.0 Å². The fraction of sp³-hybridized carbons (Fsp3) is 0.750. The Kier molecular flexibility index (Phi) is 5.04. The van der Waals surface area contributed by atoms with E-state index in [0.717, 1.165) is 50.9 Å². The van der Waals surface area contributed by atoms with Gasteiger partial charge in [-0.05, 0) is 51.6 Å². The molecule has 3 heterocycles. The molecule has 0 spiro atoms. The van der Waals surface area contributed by atoms with Gasteiger partial charge in [-0.3, -0.25) is 0 Å². The summed E-state index contributed by atoms with van der Waals surface area (Å²) in [7, 11) is 0. The lowest BCUT2D eigenvalue weighted by atomic mass is 9.94. The van der Waals surface area contributed by atoms with Crippen LogP contribution in [0.3, 0.4) is 0 Å². The third kappa shape index (κ3) is 4.14. The van der Waals surface area contributed by atoms with Crippen molar-refractivity contribution in [3.63, 3.8) is 0 Å². The lowest BCUT2D eigenvalue weighted by Crippen LogP contribution is -2.27. The number of anilines is 1. The molecule has 116 valence electrons. The highest BCUT2D eigenvalue weighted by atomic mass is 16.5. The molecule has 2 saturated heterocycles. The molecule has 21 heavy (non-hydrogen) atoms. The van der Waals surface area contributed by atoms with Gasteiger partial charge in [0.15, 0.2) is 0 Å². The number of nitrogens with one attached hydrogen (secondary N) is 2. The van der Waals surface area contributed by atoms with E-state index in [9.17, 15) is 0 Å². The zero-order valence-corrected chi connectivity index (χ0v) is 12.9. The lowest BCUT2D eigenvalue weighted by Gasteiger charge is -2.22. The van der Waals surface area contributed by atoms with Gasteiger partial charge in [0, 0.05) is 37.4 Å². The minimum Gasteiger partial charge on any atom is -0.381 e. The molecule has 5 heteroatoms. The summed E-state index contributed by atoms with van der Waals surface area (Å²) < 4.78 is 5.42. The van der Waals surface area contributed by atoms with Gasteiger partial charge < -0.3 is 15.4 Å². The first kappa shape index (κ1) is 14.7. The number of rotatable bonds is 5. The van der Waals surface area contributed by atoms with Crippen LogP contribution in [0, 0.1) is 12.8 Å². The molecular formula is C16H26N4O. The topological polar surface area (TPSA) is 59.1 Å². The molecule has 0 aromatic carbocycles. The summed E-state index contributed by atoms with van der Waals surface area (Å²) in [5.41, 5.74) is 1.20. The Bertz CT molecular complexity index is 454. The Labute approximate surface area is 126 Å². The van der Waals surface area contributed by atoms with Crippen molar-refractivity contribution in [2.24, 2.45) is 5.92 Å². The van der Waals surface area contributed by atoms with Crippen molar-refractivity contribution in [2.75, 3.05) is 38.2 Å². The Morgan fingerprint density at radius 1 is 1.29 bits per heavy atom. The zero-order valence-electron chi connectivity index (χ0n) is 12.9. The zero-order chi connectivity index (χ0) is 14.5. The van der Waals surface area contributed by atoms with E-state index >= 15 is 0 Å². The third-order valence-electron chi connectivity index (χ3n) is 4.50. The number of nitrogens with zero attached hydrogens (tertiary/aromatic N) is 2. The molecule has 3 rings (SSSR count). The first-order valence-corrected chi connectivity index (χ1v) is 8.19. The highest BCUT2D eigenvalue weighted by Crippen LogP contribution is 2.25. The Balaban J connectivity index is 1.57. The van der Waals surface area contributed by atoms with Crippen LogP contribution in [0.4, 0.5) is 5.82 Å². The number of hydrogen-bond acceptors (Lipinski definition) is 5. The minimum atomic E-state index is 0.580. The van der Waals surface area contributed by atoms with Crippen molar-refractivity contribution in [1.29, 1.82) is 0 Å². The standard InChI is InChI=1S/C16H26N4O/c1-12-19-15(14-3-6-17-7-4-14)10-16(20-12)18-8-2-13-5-9-21-11-13/h10,13-14,17H,2-9,11H2,1H3,(H,18,19,20). The summed E-state index contributed by atoms with van der Waals surface area (Å²) in [6.07, 6.45) is 4.71. The summed E-state index contributed by atoms with van der Waals surface area (Å²) in [5.74, 6) is 3.15. The predicted octanol–water partition coefficient (Wildman–Crippen LogP) is 2.09. The van der Waals surface area contributed by atoms with Gasteiger partial charge >= 0.3 is 0 Å². The lowest BCUT2D eigenvalue weighted by molar-refractivity contribution is 0.185. The molecular weight excluding hydrogens is 264 g/mol. The summed E-state index contributed by atoms with van der Waals surface area (Å²) in [6, 6.07) is 2.15. The largest absolute Gasteiger partial charge is 0.381 e. The number of piperidine rings is 1. The fourth-order valence-electron chi connectivity index (χ4n) is 3.22. The average molecular weight is 290 g/mol. The number of hydrogen-bond donors (Lipinski definition) is 2. The molecule has 2 N–H and O–H groups in total. The highest BCUT2D eigenvalue weighted by molar-refractivity contribution is 5.37. The van der Waals surface area contributed by atoms with Crippen LogP contribution in [0.1, 0.15) is 43.1 Å². The summed E-state index contributed by atoms with van der Waals surface area (Å²) in [4.78, 5) is 9.17. The Morgan fingerprint density at radius 2 is 2.14 bits per heavy atom. The molecule has 5 nitrogen and oxygen atoms in total. The second-order valence-electron chi connectivity index (χ2n) is 6.19. The molecule has 2 fully saturated rings. The van der Waals surface area contributed by atoms with Crippen LogP contribution in [0.15, 0.2) is 6.07 Å². The second-order valence-corrected chi connectivity index (χ2v) is 6.19. The first-order chi connectivity index (χ1) is 10.3. The van der Waals surface area contributed by atoms with E-state index in [1.807, 2.05) is 6.92 Å². The maximum atomic E-state index is 5.42. The van der Waals surface area contributed by atoms with Gasteiger partial charge in [0.05, 0.1) is 0 Å². The van der Waals surface area contributed by atoms with Gasteiger partial charge in [-0.25, -0.2) is 9.97 Å². The molecule has 1 aromatic heterocycles. The normalized spacial score (nSPS) is 23.4. The van der Waals surface area contributed by atoms with E-state index in [-0.39, 0.29) is 0 Å². The first-order valence-electron chi connectivity index (χ1n) is 8.19. The summed E-state index contributed by atoms with van der Waals surface area (Å²) in [5, 5.41) is 6.88. The van der Waals surface area contributed by atoms with Crippen LogP contribution in [0.5, 0.6) is 0 Å². The molecule has 0 aliphatic carbocycles. The molecule has 2 aliphatic heterocycles. The maximum Gasteiger partial charge on any atom is 0.129 e. The highest BCUT2D eigenvalue weighted by Gasteiger charge is 2.18. The molecule has 0 saturated carbocycles. The van der Waals surface area contributed by atoms with Crippen molar-refractivity contribution in [3.8, 4) is 0 Å². The number of ether oxygens (including phenoxy) is 1. The molecule has 0 amide bonds. The van der Waals surface area contributed by atoms with E-state index in [1.54, 1.807) is 0 Å². The van der Waals surface area contributed by atoms with E-state index in [2.05, 4.69) is 26.7 Å². The predicted molar refractivity (Wildman–Crippen MR) is 83.6 cm³/mol. The Morgan fingerprint density at radius 3 is 2.90 bits per heavy atom. The van der Waals surface area contributed by atoms with E-state index in [4.69, 9.17) is 4.74 Å². The van der Waals surface area contributed by atoms with Gasteiger partial charge in [-0.2, -0.15) is 0 Å². The molecule has 0 bridgehead atoms. The monoisotopic (exact) mass is 290 g/mol. The van der Waals surface area contributed by atoms with Gasteiger partial charge in [0.2, 0.25) is 0 Å². The number of aryl methyl sites for hydroxylation is 1. The van der Waals surface area contributed by atoms with E-state index < -0.39 is 0 Å². The van der Waals surface area contributed by atoms with Crippen molar-refractivity contribution >= 4 is 5.82 Å². The van der Waals surface area contributed by atoms with Crippen LogP contribution < -0.4 is 10.6 Å². The third-order valence-corrected chi connectivity index (χ3v) is 4.50. The minimum absolute atomic E-state index is 0.580. The van der Waals surface area contributed by atoms with Gasteiger partial charge in [-0.1, -0.05) is 0 Å². The molecule has 2 aliphatic rings. The van der Waals surface area contributed by atoms with Gasteiger partial charge in [0.25, 0.3) is 0 Å². The van der Waals surface area contributed by atoms with Crippen molar-refractivity contribution < 1.29 is 4.74 Å². The molecule has 1 atom stereocenters. The van der Waals surface area contributed by atoms with Crippen LogP contribution in [0.2, 0.25) is 0 Å². The van der Waals surface area contributed by atoms with Crippen LogP contribution >= 0.6 is 0 Å². The maximum absolute atomic E-state index is 5.42. The smallest absolute Gasteiger partial charge is 0.129 e. The van der Waals surface area contributed by atoms with Crippen LogP contribution in [-0.4, -0.2) is 42.8 Å². The van der Waals surface area contributed by atoms with Crippen molar-refractivity contribution in [3.05, 3.63) is 17.6 Å². The SMILES string of the molecule is Cc1nc(NCCC2CCOC2)cc(C2CCNCC2)n1. The fourth-order valence-corrected chi connectivity index (χ4v) is 3.22. The van der Waals surface area contributed by atoms with Crippen LogP contribution in [-0.2, 0) is 4.74 Å². The second kappa shape index (κ2) is 7.18. The summed E-state index contributed by atoms with van der Waals surface area (Å²) in [6.45, 7) is 7.00. The van der Waals surface area contributed by atoms with Gasteiger partial charge in [0.1, 0.15) is 11.6 Å². The van der Waals surface area contributed by atoms with Crippen LogP contribution in [0.25, 0.3) is 0 Å². The molecule has 0 radical (unpaired) electrons. The Hall–Kier alpha value is -1.20. The average Bonchev–Trinajstić information content (AvgIpc) is 3.01. The van der Waals surface area contributed by atoms with Crippen molar-refractivity contribution in [1.82, 2.24) is 15.3 Å².